The summed E-state index contributed by atoms with van der Waals surface area (Å²) in [7, 11) is -3.89. The van der Waals surface area contributed by atoms with Crippen LogP contribution in [0, 0.1) is 0 Å². The summed E-state index contributed by atoms with van der Waals surface area (Å²) in [5.41, 5.74) is 0.717. The van der Waals surface area contributed by atoms with E-state index >= 15 is 0 Å². The maximum absolute atomic E-state index is 12.6. The number of sulfonamides is 1. The molecule has 122 valence electrons. The number of hydrogen-bond donors (Lipinski definition) is 2. The van der Waals surface area contributed by atoms with Crippen LogP contribution in [0.15, 0.2) is 59.6 Å². The number of nitrogens with one attached hydrogen (secondary N) is 1. The predicted octanol–water partition coefficient (Wildman–Crippen LogP) is 3.39. The van der Waals surface area contributed by atoms with E-state index in [1.54, 1.807) is 12.1 Å². The van der Waals surface area contributed by atoms with Crippen molar-refractivity contribution in [1.29, 1.82) is 0 Å². The zero-order valence-electron chi connectivity index (χ0n) is 12.1. The number of rotatable bonds is 4. The lowest BCUT2D eigenvalue weighted by Crippen LogP contribution is -2.13. The molecule has 8 heteroatoms. The Morgan fingerprint density at radius 1 is 1.08 bits per heavy atom. The molecule has 0 spiro atoms. The maximum atomic E-state index is 12.6. The van der Waals surface area contributed by atoms with Gasteiger partial charge in [0.2, 0.25) is 0 Å². The summed E-state index contributed by atoms with van der Waals surface area (Å²) in [6.07, 6.45) is 1.53. The molecule has 3 aromatic rings. The largest absolute Gasteiger partial charge is 0.478 e. The fraction of sp³-hybridized carbons (Fsp3) is 0. The van der Waals surface area contributed by atoms with Crippen LogP contribution >= 0.6 is 11.6 Å². The second-order valence-electron chi connectivity index (χ2n) is 4.93. The van der Waals surface area contributed by atoms with Crippen LogP contribution in [0.2, 0.25) is 5.02 Å². The fourth-order valence-electron chi connectivity index (χ4n) is 2.24. The third-order valence-corrected chi connectivity index (χ3v) is 5.10. The zero-order chi connectivity index (χ0) is 17.3. The Kier molecular flexibility index (Phi) is 4.13. The molecule has 0 saturated carbocycles. The van der Waals surface area contributed by atoms with Crippen LogP contribution in [-0.4, -0.2) is 24.5 Å². The average molecular weight is 363 g/mol. The van der Waals surface area contributed by atoms with Gasteiger partial charge in [-0.2, -0.15) is 0 Å². The Bertz CT molecular complexity index is 1030. The zero-order valence-corrected chi connectivity index (χ0v) is 13.7. The summed E-state index contributed by atoms with van der Waals surface area (Å²) in [6, 6.07) is 11.5. The fourth-order valence-corrected chi connectivity index (χ4v) is 3.71. The molecule has 24 heavy (non-hydrogen) atoms. The predicted molar refractivity (Wildman–Crippen MR) is 91.0 cm³/mol. The summed E-state index contributed by atoms with van der Waals surface area (Å²) in [6.45, 7) is 0. The number of carbonyl (C=O) groups is 1. The van der Waals surface area contributed by atoms with E-state index in [2.05, 4.69) is 9.71 Å². The van der Waals surface area contributed by atoms with E-state index in [1.807, 2.05) is 0 Å². The highest BCUT2D eigenvalue weighted by atomic mass is 35.5. The number of aromatic carboxylic acids is 1. The highest BCUT2D eigenvalue weighted by Crippen LogP contribution is 2.28. The molecule has 0 fully saturated rings. The van der Waals surface area contributed by atoms with Crippen molar-refractivity contribution >= 4 is 44.2 Å². The molecule has 6 nitrogen and oxygen atoms in total. The number of anilines is 1. The van der Waals surface area contributed by atoms with Gasteiger partial charge < -0.3 is 5.11 Å². The molecule has 0 amide bonds. The number of hydrogen-bond acceptors (Lipinski definition) is 4. The second-order valence-corrected chi connectivity index (χ2v) is 6.99. The van der Waals surface area contributed by atoms with Crippen LogP contribution in [0.5, 0.6) is 0 Å². The van der Waals surface area contributed by atoms with Gasteiger partial charge >= 0.3 is 5.97 Å². The number of halogens is 1. The van der Waals surface area contributed by atoms with Gasteiger partial charge in [-0.3, -0.25) is 9.71 Å². The summed E-state index contributed by atoms with van der Waals surface area (Å²) in [5, 5.41) is 9.63. The molecule has 0 aliphatic rings. The number of nitrogens with zero attached hydrogens (tertiary/aromatic N) is 1. The molecule has 1 heterocycles. The number of benzene rings is 2. The molecule has 2 N–H and O–H groups in total. The maximum Gasteiger partial charge on any atom is 0.335 e. The van der Waals surface area contributed by atoms with E-state index in [1.165, 1.54) is 42.6 Å². The number of carboxylic acids is 1. The summed E-state index contributed by atoms with van der Waals surface area (Å²) >= 11 is 6.05. The van der Waals surface area contributed by atoms with Gasteiger partial charge in [0.05, 0.1) is 21.0 Å². The lowest BCUT2D eigenvalue weighted by atomic mass is 10.2. The average Bonchev–Trinajstić information content (AvgIpc) is 2.55. The molecular formula is C16H11ClN2O4S. The smallest absolute Gasteiger partial charge is 0.335 e. The molecule has 1 aromatic heterocycles. The first kappa shape index (κ1) is 16.2. The van der Waals surface area contributed by atoms with Crippen molar-refractivity contribution in [2.75, 3.05) is 4.72 Å². The van der Waals surface area contributed by atoms with Crippen LogP contribution in [0.4, 0.5) is 5.69 Å². The van der Waals surface area contributed by atoms with Gasteiger partial charge in [0.25, 0.3) is 10.0 Å². The van der Waals surface area contributed by atoms with Gasteiger partial charge in [-0.05, 0) is 48.5 Å². The number of fused-ring (bicyclic) bond motifs is 1. The van der Waals surface area contributed by atoms with E-state index in [0.29, 0.717) is 15.9 Å². The molecule has 3 rings (SSSR count). The van der Waals surface area contributed by atoms with E-state index in [-0.39, 0.29) is 16.1 Å². The van der Waals surface area contributed by atoms with Gasteiger partial charge in [-0.25, -0.2) is 13.2 Å². The summed E-state index contributed by atoms with van der Waals surface area (Å²) in [5.74, 6) is -1.08. The van der Waals surface area contributed by atoms with E-state index in [0.717, 1.165) is 0 Å². The van der Waals surface area contributed by atoms with Gasteiger partial charge in [0.15, 0.2) is 0 Å². The van der Waals surface area contributed by atoms with E-state index in [4.69, 9.17) is 16.7 Å². The highest BCUT2D eigenvalue weighted by molar-refractivity contribution is 7.93. The van der Waals surface area contributed by atoms with E-state index in [9.17, 15) is 13.2 Å². The second kappa shape index (κ2) is 6.10. The Morgan fingerprint density at radius 3 is 2.46 bits per heavy atom. The Labute approximate surface area is 142 Å². The quantitative estimate of drug-likeness (QED) is 0.741. The minimum Gasteiger partial charge on any atom is -0.478 e. The van der Waals surface area contributed by atoms with Crippen molar-refractivity contribution in [1.82, 2.24) is 4.98 Å². The first-order chi connectivity index (χ1) is 11.4. The lowest BCUT2D eigenvalue weighted by molar-refractivity contribution is 0.0697. The SMILES string of the molecule is O=C(O)c1ccc(NS(=O)(=O)c2ccc(Cl)c3ncccc23)cc1. The summed E-state index contributed by atoms with van der Waals surface area (Å²) in [4.78, 5) is 15.0. The van der Waals surface area contributed by atoms with Crippen LogP contribution in [-0.2, 0) is 10.0 Å². The number of aromatic nitrogens is 1. The molecule has 0 saturated heterocycles. The van der Waals surface area contributed by atoms with Crippen molar-refractivity contribution in [2.45, 2.75) is 4.90 Å². The molecule has 0 atom stereocenters. The number of pyridine rings is 1. The normalized spacial score (nSPS) is 11.4. The van der Waals surface area contributed by atoms with Gasteiger partial charge in [0.1, 0.15) is 0 Å². The molecule has 2 aromatic carbocycles. The first-order valence-corrected chi connectivity index (χ1v) is 8.64. The van der Waals surface area contributed by atoms with E-state index < -0.39 is 16.0 Å². The third-order valence-electron chi connectivity index (χ3n) is 3.35. The topological polar surface area (TPSA) is 96.4 Å². The lowest BCUT2D eigenvalue weighted by Gasteiger charge is -2.11. The molecule has 0 unspecified atom stereocenters. The van der Waals surface area contributed by atoms with Crippen LogP contribution in [0.25, 0.3) is 10.9 Å². The van der Waals surface area contributed by atoms with Gasteiger partial charge in [0, 0.05) is 17.3 Å². The van der Waals surface area contributed by atoms with Crippen molar-refractivity contribution in [3.63, 3.8) is 0 Å². The monoisotopic (exact) mass is 362 g/mol. The van der Waals surface area contributed by atoms with Gasteiger partial charge in [-0.1, -0.05) is 11.6 Å². The van der Waals surface area contributed by atoms with Crippen LogP contribution in [0.1, 0.15) is 10.4 Å². The summed E-state index contributed by atoms with van der Waals surface area (Å²) < 4.78 is 27.7. The first-order valence-electron chi connectivity index (χ1n) is 6.78. The molecule has 0 bridgehead atoms. The van der Waals surface area contributed by atoms with Crippen molar-refractivity contribution in [2.24, 2.45) is 0 Å². The highest BCUT2D eigenvalue weighted by Gasteiger charge is 2.19. The van der Waals surface area contributed by atoms with Crippen LogP contribution < -0.4 is 4.72 Å². The van der Waals surface area contributed by atoms with Crippen LogP contribution in [0.3, 0.4) is 0 Å². The Hall–Kier alpha value is -2.64. The Morgan fingerprint density at radius 2 is 1.79 bits per heavy atom. The molecular weight excluding hydrogens is 352 g/mol. The standard InChI is InChI=1S/C16H11ClN2O4S/c17-13-7-8-14(12-2-1-9-18-15(12)13)24(22,23)19-11-5-3-10(4-6-11)16(20)21/h1-9,19H,(H,20,21). The van der Waals surface area contributed by atoms with Gasteiger partial charge in [-0.15, -0.1) is 0 Å². The molecule has 0 aliphatic carbocycles. The third kappa shape index (κ3) is 3.04. The Balaban J connectivity index is 2.02. The minimum atomic E-state index is -3.89. The van der Waals surface area contributed by atoms with Crippen molar-refractivity contribution in [3.8, 4) is 0 Å². The number of carboxylic acid groups (broad SMARTS) is 1. The van der Waals surface area contributed by atoms with Crippen molar-refractivity contribution in [3.05, 3.63) is 65.3 Å². The molecule has 0 radical (unpaired) electrons. The van der Waals surface area contributed by atoms with Crippen molar-refractivity contribution < 1.29 is 18.3 Å². The minimum absolute atomic E-state index is 0.0392. The molecule has 0 aliphatic heterocycles.